The molecule has 2 rings (SSSR count). The number of hydrogen-bond donors (Lipinski definition) is 3. The van der Waals surface area contributed by atoms with E-state index in [2.05, 4.69) is 10.1 Å². The van der Waals surface area contributed by atoms with Gasteiger partial charge in [-0.15, -0.1) is 5.10 Å². The van der Waals surface area contributed by atoms with Crippen LogP contribution in [0.1, 0.15) is 16.2 Å². The van der Waals surface area contributed by atoms with E-state index in [0.29, 0.717) is 11.3 Å². The third kappa shape index (κ3) is 2.68. The monoisotopic (exact) mass is 263 g/mol. The van der Waals surface area contributed by atoms with Crippen molar-refractivity contribution in [3.8, 4) is 5.69 Å². The second-order valence-electron chi connectivity index (χ2n) is 3.73. The van der Waals surface area contributed by atoms with Gasteiger partial charge >= 0.3 is 17.6 Å². The number of benzene rings is 1. The summed E-state index contributed by atoms with van der Waals surface area (Å²) < 4.78 is 0.897. The van der Waals surface area contributed by atoms with E-state index >= 15 is 0 Å². The number of nitrogens with zero attached hydrogens (tertiary/aromatic N) is 2. The van der Waals surface area contributed by atoms with E-state index in [1.807, 2.05) is 0 Å². The summed E-state index contributed by atoms with van der Waals surface area (Å²) in [4.78, 5) is 34.8. The zero-order chi connectivity index (χ0) is 14.0. The number of aromatic carboxylic acids is 1. The highest BCUT2D eigenvalue weighted by Crippen LogP contribution is 2.07. The molecule has 19 heavy (non-hydrogen) atoms. The number of hydrogen-bond acceptors (Lipinski definition) is 4. The molecule has 1 aromatic heterocycles. The first-order chi connectivity index (χ1) is 8.97. The molecule has 8 heteroatoms. The van der Waals surface area contributed by atoms with Gasteiger partial charge in [-0.25, -0.2) is 9.59 Å². The van der Waals surface area contributed by atoms with Gasteiger partial charge in [-0.3, -0.25) is 9.78 Å². The van der Waals surface area contributed by atoms with Gasteiger partial charge in [0.1, 0.15) is 0 Å². The Morgan fingerprint density at radius 3 is 2.32 bits per heavy atom. The molecule has 2 aromatic rings. The Labute approximate surface area is 105 Å². The number of carboxylic acids is 2. The van der Waals surface area contributed by atoms with Crippen molar-refractivity contribution in [3.05, 3.63) is 46.1 Å². The molecule has 0 aliphatic carbocycles. The van der Waals surface area contributed by atoms with Gasteiger partial charge in [0.15, 0.2) is 0 Å². The molecular weight excluding hydrogens is 254 g/mol. The van der Waals surface area contributed by atoms with Crippen molar-refractivity contribution >= 4 is 11.9 Å². The fraction of sp³-hybridized carbons (Fsp3) is 0.0909. The van der Waals surface area contributed by atoms with Crippen molar-refractivity contribution in [1.29, 1.82) is 0 Å². The van der Waals surface area contributed by atoms with E-state index < -0.39 is 23.5 Å². The minimum absolute atomic E-state index is 0.129. The smallest absolute Gasteiger partial charge is 0.373 e. The standard InChI is InChI=1S/C11H9N3O5/c15-8(16)5-6-1-3-7(4-2-6)14-11(19)12-9(13-14)10(17)18/h1-4H,5H2,(H,15,16)(H,17,18)(H,12,13,19). The molecule has 8 nitrogen and oxygen atoms in total. The largest absolute Gasteiger partial charge is 0.481 e. The molecule has 0 aliphatic heterocycles. The Hall–Kier alpha value is -2.90. The molecule has 0 unspecified atom stereocenters. The van der Waals surface area contributed by atoms with E-state index in [9.17, 15) is 14.4 Å². The van der Waals surface area contributed by atoms with E-state index in [4.69, 9.17) is 10.2 Å². The van der Waals surface area contributed by atoms with E-state index in [0.717, 1.165) is 4.68 Å². The molecule has 0 amide bonds. The van der Waals surface area contributed by atoms with Crippen molar-refractivity contribution in [2.24, 2.45) is 0 Å². The van der Waals surface area contributed by atoms with Gasteiger partial charge < -0.3 is 10.2 Å². The summed E-state index contributed by atoms with van der Waals surface area (Å²) in [6.45, 7) is 0. The zero-order valence-electron chi connectivity index (χ0n) is 9.53. The number of aromatic amines is 1. The predicted octanol–water partition coefficient (Wildman–Crippen LogP) is -0.114. The summed E-state index contributed by atoms with van der Waals surface area (Å²) in [5.74, 6) is -2.75. The molecule has 1 heterocycles. The van der Waals surface area contributed by atoms with Crippen LogP contribution in [0.25, 0.3) is 5.69 Å². The Bertz CT molecular complexity index is 683. The Morgan fingerprint density at radius 1 is 1.21 bits per heavy atom. The summed E-state index contributed by atoms with van der Waals surface area (Å²) in [6, 6.07) is 6.05. The molecule has 98 valence electrons. The molecule has 0 fully saturated rings. The number of carboxylic acid groups (broad SMARTS) is 2. The number of aliphatic carboxylic acids is 1. The Kier molecular flexibility index (Phi) is 3.15. The quantitative estimate of drug-likeness (QED) is 0.706. The van der Waals surface area contributed by atoms with Crippen molar-refractivity contribution in [2.45, 2.75) is 6.42 Å². The van der Waals surface area contributed by atoms with Gasteiger partial charge in [0.05, 0.1) is 12.1 Å². The topological polar surface area (TPSA) is 125 Å². The minimum Gasteiger partial charge on any atom is -0.481 e. The van der Waals surface area contributed by atoms with E-state index in [1.54, 1.807) is 0 Å². The number of nitrogens with one attached hydrogen (secondary N) is 1. The Morgan fingerprint density at radius 2 is 1.84 bits per heavy atom. The van der Waals surface area contributed by atoms with Crippen LogP contribution in [0.5, 0.6) is 0 Å². The lowest BCUT2D eigenvalue weighted by Crippen LogP contribution is -2.15. The third-order valence-corrected chi connectivity index (χ3v) is 2.36. The zero-order valence-corrected chi connectivity index (χ0v) is 9.53. The van der Waals surface area contributed by atoms with Gasteiger partial charge in [-0.05, 0) is 17.7 Å². The van der Waals surface area contributed by atoms with Gasteiger partial charge in [-0.1, -0.05) is 12.1 Å². The van der Waals surface area contributed by atoms with Gasteiger partial charge in [0.25, 0.3) is 0 Å². The average Bonchev–Trinajstić information content (AvgIpc) is 2.72. The number of H-pyrrole nitrogens is 1. The third-order valence-electron chi connectivity index (χ3n) is 2.36. The van der Waals surface area contributed by atoms with Crippen LogP contribution in [0.4, 0.5) is 0 Å². The highest BCUT2D eigenvalue weighted by Gasteiger charge is 2.12. The van der Waals surface area contributed by atoms with Crippen LogP contribution >= 0.6 is 0 Å². The molecule has 0 atom stereocenters. The lowest BCUT2D eigenvalue weighted by atomic mass is 10.1. The maximum Gasteiger partial charge on any atom is 0.373 e. The summed E-state index contributed by atoms with van der Waals surface area (Å²) in [5.41, 5.74) is 0.240. The molecule has 0 radical (unpaired) electrons. The summed E-state index contributed by atoms with van der Waals surface area (Å²) in [7, 11) is 0. The van der Waals surface area contributed by atoms with Gasteiger partial charge in [-0.2, -0.15) is 4.68 Å². The molecule has 0 saturated carbocycles. The van der Waals surface area contributed by atoms with Gasteiger partial charge in [0.2, 0.25) is 5.82 Å². The van der Waals surface area contributed by atoms with Crippen LogP contribution in [-0.4, -0.2) is 36.9 Å². The minimum atomic E-state index is -1.33. The second kappa shape index (κ2) is 4.77. The average molecular weight is 263 g/mol. The molecule has 0 saturated heterocycles. The number of rotatable bonds is 4. The first-order valence-corrected chi connectivity index (χ1v) is 5.21. The van der Waals surface area contributed by atoms with Crippen LogP contribution in [0.3, 0.4) is 0 Å². The van der Waals surface area contributed by atoms with Crippen LogP contribution in [-0.2, 0) is 11.2 Å². The maximum atomic E-state index is 11.5. The molecule has 0 aliphatic rings. The number of carbonyl (C=O) groups is 2. The summed E-state index contributed by atoms with van der Waals surface area (Å²) in [6.07, 6.45) is -0.129. The predicted molar refractivity (Wildman–Crippen MR) is 62.5 cm³/mol. The van der Waals surface area contributed by atoms with E-state index in [-0.39, 0.29) is 6.42 Å². The van der Waals surface area contributed by atoms with Crippen LogP contribution in [0.15, 0.2) is 29.1 Å². The first kappa shape index (κ1) is 12.6. The van der Waals surface area contributed by atoms with Crippen LogP contribution in [0.2, 0.25) is 0 Å². The lowest BCUT2D eigenvalue weighted by Gasteiger charge is -2.01. The van der Waals surface area contributed by atoms with Crippen molar-refractivity contribution in [2.75, 3.05) is 0 Å². The van der Waals surface area contributed by atoms with Crippen molar-refractivity contribution in [1.82, 2.24) is 14.8 Å². The molecule has 1 aromatic carbocycles. The molecule has 0 spiro atoms. The fourth-order valence-corrected chi connectivity index (χ4v) is 1.53. The van der Waals surface area contributed by atoms with Crippen LogP contribution in [0, 0.1) is 0 Å². The fourth-order valence-electron chi connectivity index (χ4n) is 1.53. The lowest BCUT2D eigenvalue weighted by molar-refractivity contribution is -0.136. The highest BCUT2D eigenvalue weighted by atomic mass is 16.4. The summed E-state index contributed by atoms with van der Waals surface area (Å²) >= 11 is 0. The second-order valence-corrected chi connectivity index (χ2v) is 3.73. The normalized spacial score (nSPS) is 10.3. The SMILES string of the molecule is O=C(O)Cc1ccc(-n2nc(C(=O)O)[nH]c2=O)cc1. The Balaban J connectivity index is 2.34. The maximum absolute atomic E-state index is 11.5. The van der Waals surface area contributed by atoms with Crippen molar-refractivity contribution in [3.63, 3.8) is 0 Å². The first-order valence-electron chi connectivity index (χ1n) is 5.21. The number of aromatic nitrogens is 3. The highest BCUT2D eigenvalue weighted by molar-refractivity contribution is 5.82. The van der Waals surface area contributed by atoms with E-state index in [1.165, 1.54) is 24.3 Å². The molecule has 3 N–H and O–H groups in total. The molecule has 0 bridgehead atoms. The van der Waals surface area contributed by atoms with Gasteiger partial charge in [0, 0.05) is 0 Å². The molecular formula is C11H9N3O5. The van der Waals surface area contributed by atoms with Crippen LogP contribution < -0.4 is 5.69 Å². The summed E-state index contributed by atoms with van der Waals surface area (Å²) in [5, 5.41) is 20.9. The van der Waals surface area contributed by atoms with Crippen molar-refractivity contribution < 1.29 is 19.8 Å².